The smallest absolute Gasteiger partial charge is 0.153 e. The van der Waals surface area contributed by atoms with E-state index in [1.807, 2.05) is 48.7 Å². The van der Waals surface area contributed by atoms with Crippen molar-refractivity contribution in [1.82, 2.24) is 19.9 Å². The molecule has 0 aliphatic heterocycles. The molecule has 0 amide bonds. The maximum Gasteiger partial charge on any atom is 0.153 e. The molecule has 0 radical (unpaired) electrons. The van der Waals surface area contributed by atoms with E-state index in [1.165, 1.54) is 0 Å². The Kier molecular flexibility index (Phi) is 4.53. The van der Waals surface area contributed by atoms with E-state index in [0.717, 1.165) is 27.3 Å². The van der Waals surface area contributed by atoms with Crippen LogP contribution in [0.5, 0.6) is 0 Å². The molecular weight excluding hydrogens is 354 g/mol. The lowest BCUT2D eigenvalue weighted by Crippen LogP contribution is -1.99. The van der Waals surface area contributed by atoms with Crippen LogP contribution >= 0.6 is 11.3 Å². The quantitative estimate of drug-likeness (QED) is 0.535. The van der Waals surface area contributed by atoms with Gasteiger partial charge < -0.3 is 5.73 Å². The average molecular weight is 371 g/mol. The van der Waals surface area contributed by atoms with Crippen molar-refractivity contribution in [3.63, 3.8) is 0 Å². The zero-order chi connectivity index (χ0) is 18.8. The molecule has 0 aliphatic carbocycles. The highest BCUT2D eigenvalue weighted by molar-refractivity contribution is 7.09. The van der Waals surface area contributed by atoms with Crippen molar-refractivity contribution in [2.45, 2.75) is 19.8 Å². The maximum absolute atomic E-state index is 6.02. The van der Waals surface area contributed by atoms with Gasteiger partial charge in [0.25, 0.3) is 0 Å². The molecular formula is C21H17N5S. The Morgan fingerprint density at radius 1 is 1.11 bits per heavy atom. The maximum atomic E-state index is 6.02. The number of anilines is 1. The first-order valence-corrected chi connectivity index (χ1v) is 9.40. The van der Waals surface area contributed by atoms with Crippen molar-refractivity contribution in [1.29, 1.82) is 0 Å². The molecule has 2 N–H and O–H groups in total. The van der Waals surface area contributed by atoms with E-state index in [2.05, 4.69) is 38.7 Å². The third-order valence-electron chi connectivity index (χ3n) is 4.09. The van der Waals surface area contributed by atoms with E-state index in [9.17, 15) is 0 Å². The molecule has 0 saturated heterocycles. The number of hydrogen-bond donors (Lipinski definition) is 1. The summed E-state index contributed by atoms with van der Waals surface area (Å²) >= 11 is 1.62. The SMILES string of the molecule is Cc1nc(N)c2nc(-c3cccc(C#C[C@H](C)c4nccs4)c3)ccc2n1. The highest BCUT2D eigenvalue weighted by atomic mass is 32.1. The Labute approximate surface area is 161 Å². The van der Waals surface area contributed by atoms with Gasteiger partial charge in [0, 0.05) is 22.7 Å². The first-order chi connectivity index (χ1) is 13.1. The number of fused-ring (bicyclic) bond motifs is 1. The van der Waals surface area contributed by atoms with E-state index in [-0.39, 0.29) is 5.92 Å². The molecule has 6 heteroatoms. The molecule has 0 bridgehead atoms. The van der Waals surface area contributed by atoms with E-state index in [4.69, 9.17) is 5.73 Å². The Balaban J connectivity index is 1.68. The van der Waals surface area contributed by atoms with Gasteiger partial charge in [-0.25, -0.2) is 19.9 Å². The van der Waals surface area contributed by atoms with Crippen molar-refractivity contribution in [3.8, 4) is 23.1 Å². The molecule has 5 nitrogen and oxygen atoms in total. The van der Waals surface area contributed by atoms with Gasteiger partial charge in [-0.15, -0.1) is 11.3 Å². The first-order valence-electron chi connectivity index (χ1n) is 8.52. The number of nitrogen functional groups attached to an aromatic ring is 1. The van der Waals surface area contributed by atoms with Crippen molar-refractivity contribution >= 4 is 28.2 Å². The molecule has 4 aromatic rings. The Hall–Kier alpha value is -3.30. The molecule has 3 aromatic heterocycles. The van der Waals surface area contributed by atoms with Gasteiger partial charge in [0.1, 0.15) is 16.3 Å². The Morgan fingerprint density at radius 3 is 2.81 bits per heavy atom. The van der Waals surface area contributed by atoms with Crippen molar-refractivity contribution in [3.05, 3.63) is 64.4 Å². The second kappa shape index (κ2) is 7.14. The summed E-state index contributed by atoms with van der Waals surface area (Å²) in [5.41, 5.74) is 10.1. The van der Waals surface area contributed by atoms with Crippen LogP contribution in [-0.2, 0) is 0 Å². The number of pyridine rings is 1. The number of nitrogens with two attached hydrogens (primary N) is 1. The standard InChI is InChI=1S/C21H17N5S/c1-13(21-23-10-11-27-21)6-7-15-4-3-5-16(12-15)17-8-9-18-19(26-17)20(22)25-14(2)24-18/h3-5,8-13H,1-2H3,(H2,22,24,25)/t13-/m0/s1. The van der Waals surface area contributed by atoms with Gasteiger partial charge in [-0.3, -0.25) is 0 Å². The van der Waals surface area contributed by atoms with Crippen LogP contribution in [0.15, 0.2) is 48.0 Å². The fourth-order valence-corrected chi connectivity index (χ4v) is 3.42. The van der Waals surface area contributed by atoms with E-state index in [0.29, 0.717) is 17.2 Å². The molecule has 1 atom stereocenters. The van der Waals surface area contributed by atoms with Crippen LogP contribution in [0, 0.1) is 18.8 Å². The van der Waals surface area contributed by atoms with Crippen LogP contribution < -0.4 is 5.73 Å². The molecule has 4 rings (SSSR count). The summed E-state index contributed by atoms with van der Waals surface area (Å²) in [6.45, 7) is 3.88. The third-order valence-corrected chi connectivity index (χ3v) is 5.05. The van der Waals surface area contributed by atoms with Gasteiger partial charge in [0.05, 0.1) is 17.1 Å². The van der Waals surface area contributed by atoms with Crippen molar-refractivity contribution in [2.24, 2.45) is 0 Å². The zero-order valence-electron chi connectivity index (χ0n) is 15.0. The highest BCUT2D eigenvalue weighted by Crippen LogP contribution is 2.23. The van der Waals surface area contributed by atoms with Gasteiger partial charge >= 0.3 is 0 Å². The monoisotopic (exact) mass is 371 g/mol. The normalized spacial score (nSPS) is 11.8. The van der Waals surface area contributed by atoms with Crippen LogP contribution in [0.2, 0.25) is 0 Å². The molecule has 0 aliphatic rings. The van der Waals surface area contributed by atoms with Crippen molar-refractivity contribution < 1.29 is 0 Å². The molecule has 1 aromatic carbocycles. The van der Waals surface area contributed by atoms with Gasteiger partial charge in [-0.1, -0.05) is 24.0 Å². The second-order valence-corrected chi connectivity index (χ2v) is 7.09. The molecule has 3 heterocycles. The number of aromatic nitrogens is 4. The molecule has 0 saturated carbocycles. The summed E-state index contributed by atoms with van der Waals surface area (Å²) in [7, 11) is 0. The van der Waals surface area contributed by atoms with Crippen LogP contribution in [0.1, 0.15) is 29.2 Å². The molecule has 0 spiro atoms. The topological polar surface area (TPSA) is 77.6 Å². The lowest BCUT2D eigenvalue weighted by molar-refractivity contribution is 0.978. The second-order valence-electron chi connectivity index (χ2n) is 6.16. The molecule has 132 valence electrons. The lowest BCUT2D eigenvalue weighted by atomic mass is 10.1. The van der Waals surface area contributed by atoms with Gasteiger partial charge in [0.15, 0.2) is 5.82 Å². The minimum Gasteiger partial charge on any atom is -0.382 e. The highest BCUT2D eigenvalue weighted by Gasteiger charge is 2.08. The minimum absolute atomic E-state index is 0.104. The molecule has 27 heavy (non-hydrogen) atoms. The number of aryl methyl sites for hydroxylation is 1. The van der Waals surface area contributed by atoms with Gasteiger partial charge in [-0.2, -0.15) is 0 Å². The fourth-order valence-electron chi connectivity index (χ4n) is 2.78. The summed E-state index contributed by atoms with van der Waals surface area (Å²) in [6, 6.07) is 11.9. The minimum atomic E-state index is 0.104. The van der Waals surface area contributed by atoms with Gasteiger partial charge in [-0.05, 0) is 38.1 Å². The number of benzene rings is 1. The van der Waals surface area contributed by atoms with Gasteiger partial charge in [0.2, 0.25) is 0 Å². The third kappa shape index (κ3) is 3.64. The lowest BCUT2D eigenvalue weighted by Gasteiger charge is -2.06. The number of rotatable bonds is 2. The number of thiazole rings is 1. The largest absolute Gasteiger partial charge is 0.382 e. The summed E-state index contributed by atoms with van der Waals surface area (Å²) < 4.78 is 0. The summed E-state index contributed by atoms with van der Waals surface area (Å²) in [6.07, 6.45) is 1.81. The van der Waals surface area contributed by atoms with E-state index < -0.39 is 0 Å². The summed E-state index contributed by atoms with van der Waals surface area (Å²) in [5.74, 6) is 7.64. The van der Waals surface area contributed by atoms with E-state index >= 15 is 0 Å². The predicted molar refractivity (Wildman–Crippen MR) is 109 cm³/mol. The van der Waals surface area contributed by atoms with Crippen LogP contribution in [0.25, 0.3) is 22.3 Å². The van der Waals surface area contributed by atoms with E-state index in [1.54, 1.807) is 17.5 Å². The fraction of sp³-hybridized carbons (Fsp3) is 0.143. The Morgan fingerprint density at radius 2 is 2.00 bits per heavy atom. The molecule has 0 fully saturated rings. The van der Waals surface area contributed by atoms with Crippen LogP contribution in [0.4, 0.5) is 5.82 Å². The zero-order valence-corrected chi connectivity index (χ0v) is 15.8. The first kappa shape index (κ1) is 17.1. The molecule has 0 unspecified atom stereocenters. The van der Waals surface area contributed by atoms with Crippen LogP contribution in [-0.4, -0.2) is 19.9 Å². The number of nitrogens with zero attached hydrogens (tertiary/aromatic N) is 4. The summed E-state index contributed by atoms with van der Waals surface area (Å²) in [5, 5.41) is 3.00. The summed E-state index contributed by atoms with van der Waals surface area (Å²) in [4.78, 5) is 17.6. The average Bonchev–Trinajstić information content (AvgIpc) is 3.21. The van der Waals surface area contributed by atoms with Crippen LogP contribution in [0.3, 0.4) is 0 Å². The van der Waals surface area contributed by atoms with Crippen molar-refractivity contribution in [2.75, 3.05) is 5.73 Å². The number of hydrogen-bond acceptors (Lipinski definition) is 6. The Bertz CT molecular complexity index is 1170. The predicted octanol–water partition coefficient (Wildman–Crippen LogP) is 4.19.